The van der Waals surface area contributed by atoms with E-state index in [0.29, 0.717) is 12.0 Å². The molecule has 1 rings (SSSR count). The first-order chi connectivity index (χ1) is 7.74. The molecule has 1 aromatic carbocycles. The first kappa shape index (κ1) is 13.0. The van der Waals surface area contributed by atoms with Crippen molar-refractivity contribution in [3.05, 3.63) is 29.8 Å². The first-order valence-electron chi connectivity index (χ1n) is 6.10. The third-order valence-electron chi connectivity index (χ3n) is 3.14. The molecule has 0 saturated heterocycles. The molecule has 2 atom stereocenters. The molecular formula is C14H23NO. The second-order valence-corrected chi connectivity index (χ2v) is 4.10. The van der Waals surface area contributed by atoms with Crippen LogP contribution >= 0.6 is 0 Å². The average molecular weight is 221 g/mol. The molecule has 0 aliphatic heterocycles. The van der Waals surface area contributed by atoms with Gasteiger partial charge in [-0.3, -0.25) is 0 Å². The van der Waals surface area contributed by atoms with Gasteiger partial charge in [-0.1, -0.05) is 39.0 Å². The van der Waals surface area contributed by atoms with Crippen LogP contribution in [0.5, 0.6) is 5.75 Å². The minimum atomic E-state index is 0.473. The van der Waals surface area contributed by atoms with E-state index in [1.54, 1.807) is 7.11 Å². The summed E-state index contributed by atoms with van der Waals surface area (Å²) < 4.78 is 5.41. The fourth-order valence-electron chi connectivity index (χ4n) is 2.20. The summed E-state index contributed by atoms with van der Waals surface area (Å²) in [5, 5.41) is 3.53. The maximum Gasteiger partial charge on any atom is 0.122 e. The van der Waals surface area contributed by atoms with E-state index >= 15 is 0 Å². The van der Waals surface area contributed by atoms with Crippen molar-refractivity contribution >= 4 is 0 Å². The zero-order chi connectivity index (χ0) is 12.0. The van der Waals surface area contributed by atoms with Crippen LogP contribution in [0.4, 0.5) is 0 Å². The number of likely N-dealkylation sites (N-methyl/N-ethyl adjacent to an activating group) is 1. The van der Waals surface area contributed by atoms with Gasteiger partial charge in [-0.2, -0.15) is 0 Å². The molecule has 1 N–H and O–H groups in total. The molecule has 0 saturated carbocycles. The number of hydrogen-bond donors (Lipinski definition) is 1. The molecule has 2 nitrogen and oxygen atoms in total. The number of para-hydroxylation sites is 1. The Kier molecular flexibility index (Phi) is 5.33. The Bertz CT molecular complexity index is 311. The summed E-state index contributed by atoms with van der Waals surface area (Å²) >= 11 is 0. The number of ether oxygens (including phenoxy) is 1. The molecule has 0 amide bonds. The molecule has 1 aromatic rings. The lowest BCUT2D eigenvalue weighted by molar-refractivity contribution is 0.390. The third kappa shape index (κ3) is 2.99. The lowest BCUT2D eigenvalue weighted by Crippen LogP contribution is -2.33. The largest absolute Gasteiger partial charge is 0.496 e. The van der Waals surface area contributed by atoms with Gasteiger partial charge in [-0.25, -0.2) is 0 Å². The Morgan fingerprint density at radius 2 is 1.94 bits per heavy atom. The van der Waals surface area contributed by atoms with Crippen LogP contribution in [-0.4, -0.2) is 19.7 Å². The Morgan fingerprint density at radius 1 is 1.25 bits per heavy atom. The molecule has 0 aliphatic carbocycles. The predicted octanol–water partition coefficient (Wildman–Crippen LogP) is 3.19. The Morgan fingerprint density at radius 3 is 2.50 bits per heavy atom. The number of nitrogens with one attached hydrogen (secondary N) is 1. The van der Waals surface area contributed by atoms with Crippen molar-refractivity contribution in [1.82, 2.24) is 5.32 Å². The minimum absolute atomic E-state index is 0.473. The van der Waals surface area contributed by atoms with E-state index in [-0.39, 0.29) is 0 Å². The highest BCUT2D eigenvalue weighted by Gasteiger charge is 2.18. The highest BCUT2D eigenvalue weighted by molar-refractivity contribution is 5.36. The lowest BCUT2D eigenvalue weighted by Gasteiger charge is -2.25. The fourth-order valence-corrected chi connectivity index (χ4v) is 2.20. The number of rotatable bonds is 6. The number of methoxy groups -OCH3 is 1. The Hall–Kier alpha value is -1.02. The standard InChI is InChI=1S/C14H23NO/c1-5-13(15-6-2)11(3)12-9-7-8-10-14(12)16-4/h7-11,13,15H,5-6H2,1-4H3. The van der Waals surface area contributed by atoms with E-state index in [1.165, 1.54) is 5.56 Å². The van der Waals surface area contributed by atoms with Crippen LogP contribution in [0.1, 0.15) is 38.7 Å². The molecule has 0 fully saturated rings. The van der Waals surface area contributed by atoms with E-state index in [0.717, 1.165) is 18.7 Å². The molecule has 2 heteroatoms. The van der Waals surface area contributed by atoms with Crippen LogP contribution in [0.2, 0.25) is 0 Å². The van der Waals surface area contributed by atoms with Gasteiger partial charge in [0.1, 0.15) is 5.75 Å². The quantitative estimate of drug-likeness (QED) is 0.796. The average Bonchev–Trinajstić information content (AvgIpc) is 2.35. The maximum absolute atomic E-state index is 5.41. The Balaban J connectivity index is 2.88. The monoisotopic (exact) mass is 221 g/mol. The van der Waals surface area contributed by atoms with Gasteiger partial charge in [0.05, 0.1) is 7.11 Å². The molecule has 0 aliphatic rings. The molecule has 2 unspecified atom stereocenters. The molecule has 90 valence electrons. The molecule has 0 aromatic heterocycles. The molecule has 16 heavy (non-hydrogen) atoms. The second kappa shape index (κ2) is 6.54. The maximum atomic E-state index is 5.41. The summed E-state index contributed by atoms with van der Waals surface area (Å²) in [5.74, 6) is 1.47. The van der Waals surface area contributed by atoms with E-state index in [4.69, 9.17) is 4.74 Å². The number of hydrogen-bond acceptors (Lipinski definition) is 2. The van der Waals surface area contributed by atoms with E-state index < -0.39 is 0 Å². The van der Waals surface area contributed by atoms with Crippen molar-refractivity contribution in [2.24, 2.45) is 0 Å². The summed E-state index contributed by atoms with van der Waals surface area (Å²) in [5.41, 5.74) is 1.29. The van der Waals surface area contributed by atoms with Crippen LogP contribution in [0.25, 0.3) is 0 Å². The van der Waals surface area contributed by atoms with Crippen molar-refractivity contribution in [2.45, 2.75) is 39.2 Å². The molecule has 0 spiro atoms. The summed E-state index contributed by atoms with van der Waals surface area (Å²) in [6.07, 6.45) is 1.13. The van der Waals surface area contributed by atoms with Crippen LogP contribution in [0, 0.1) is 0 Å². The summed E-state index contributed by atoms with van der Waals surface area (Å²) in [6.45, 7) is 7.64. The van der Waals surface area contributed by atoms with Crippen molar-refractivity contribution in [2.75, 3.05) is 13.7 Å². The topological polar surface area (TPSA) is 21.3 Å². The predicted molar refractivity (Wildman–Crippen MR) is 69.2 cm³/mol. The van der Waals surface area contributed by atoms with Gasteiger partial charge in [-0.05, 0) is 24.6 Å². The van der Waals surface area contributed by atoms with Crippen molar-refractivity contribution in [1.29, 1.82) is 0 Å². The first-order valence-corrected chi connectivity index (χ1v) is 6.10. The van der Waals surface area contributed by atoms with Gasteiger partial charge in [0, 0.05) is 12.0 Å². The highest BCUT2D eigenvalue weighted by Crippen LogP contribution is 2.29. The van der Waals surface area contributed by atoms with Crippen LogP contribution in [0.15, 0.2) is 24.3 Å². The van der Waals surface area contributed by atoms with E-state index in [9.17, 15) is 0 Å². The molecular weight excluding hydrogens is 198 g/mol. The number of benzene rings is 1. The SMILES string of the molecule is CCNC(CC)C(C)c1ccccc1OC. The second-order valence-electron chi connectivity index (χ2n) is 4.10. The summed E-state index contributed by atoms with van der Waals surface area (Å²) in [6, 6.07) is 8.80. The minimum Gasteiger partial charge on any atom is -0.496 e. The lowest BCUT2D eigenvalue weighted by atomic mass is 9.91. The molecule has 0 heterocycles. The van der Waals surface area contributed by atoms with Crippen LogP contribution in [-0.2, 0) is 0 Å². The van der Waals surface area contributed by atoms with Crippen LogP contribution < -0.4 is 10.1 Å². The van der Waals surface area contributed by atoms with Crippen molar-refractivity contribution < 1.29 is 4.74 Å². The van der Waals surface area contributed by atoms with Gasteiger partial charge in [0.2, 0.25) is 0 Å². The van der Waals surface area contributed by atoms with E-state index in [1.807, 2.05) is 12.1 Å². The Labute approximate surface area is 99.0 Å². The molecule has 0 radical (unpaired) electrons. The smallest absolute Gasteiger partial charge is 0.122 e. The summed E-state index contributed by atoms with van der Waals surface area (Å²) in [4.78, 5) is 0. The van der Waals surface area contributed by atoms with E-state index in [2.05, 4.69) is 38.2 Å². The summed E-state index contributed by atoms with van der Waals surface area (Å²) in [7, 11) is 1.74. The zero-order valence-electron chi connectivity index (χ0n) is 10.8. The highest BCUT2D eigenvalue weighted by atomic mass is 16.5. The van der Waals surface area contributed by atoms with Crippen molar-refractivity contribution in [3.63, 3.8) is 0 Å². The fraction of sp³-hybridized carbons (Fsp3) is 0.571. The van der Waals surface area contributed by atoms with Gasteiger partial charge in [0.25, 0.3) is 0 Å². The van der Waals surface area contributed by atoms with Crippen LogP contribution in [0.3, 0.4) is 0 Å². The van der Waals surface area contributed by atoms with Gasteiger partial charge >= 0.3 is 0 Å². The normalized spacial score (nSPS) is 14.5. The van der Waals surface area contributed by atoms with Gasteiger partial charge < -0.3 is 10.1 Å². The van der Waals surface area contributed by atoms with Gasteiger partial charge in [0.15, 0.2) is 0 Å². The molecule has 0 bridgehead atoms. The zero-order valence-corrected chi connectivity index (χ0v) is 10.8. The van der Waals surface area contributed by atoms with Crippen molar-refractivity contribution in [3.8, 4) is 5.75 Å². The van der Waals surface area contributed by atoms with Gasteiger partial charge in [-0.15, -0.1) is 0 Å². The third-order valence-corrected chi connectivity index (χ3v) is 3.14.